The minimum Gasteiger partial charge on any atom is -0.332 e. The molecule has 0 saturated carbocycles. The topological polar surface area (TPSA) is 3.24 Å². The fraction of sp³-hybridized carbons (Fsp3) is 1.00. The van der Waals surface area contributed by atoms with Gasteiger partial charge in [0.25, 0.3) is 0 Å². The first-order valence-corrected chi connectivity index (χ1v) is 6.54. The fourth-order valence-electron chi connectivity index (χ4n) is 0.586. The number of nitrogens with zero attached hydrogens (tertiary/aromatic N) is 1. The van der Waals surface area contributed by atoms with Gasteiger partial charge in [-0.1, -0.05) is 19.0 Å². The number of hydrogen-bond acceptors (Lipinski definition) is 1. The fourth-order valence-corrected chi connectivity index (χ4v) is 2.71. The van der Waals surface area contributed by atoms with Crippen molar-refractivity contribution in [3.05, 3.63) is 0 Å². The normalized spacial score (nSPS) is 12.4. The Morgan fingerprint density at radius 2 is 2.25 bits per heavy atom. The molecule has 0 radical (unpaired) electrons. The van der Waals surface area contributed by atoms with Crippen molar-refractivity contribution in [1.82, 2.24) is 4.57 Å². The van der Waals surface area contributed by atoms with Crippen LogP contribution in [0.1, 0.15) is 6.92 Å². The molecule has 0 aliphatic carbocycles. The lowest BCUT2D eigenvalue weighted by molar-refractivity contribution is 0.566. The van der Waals surface area contributed by atoms with Crippen LogP contribution in [0.2, 0.25) is 12.1 Å². The van der Waals surface area contributed by atoms with Gasteiger partial charge in [-0.05, 0) is 13.6 Å². The van der Waals surface area contributed by atoms with Gasteiger partial charge in [-0.15, -0.1) is 0 Å². The number of rotatable bonds is 4. The highest BCUT2D eigenvalue weighted by atomic mass is 28.2. The lowest BCUT2D eigenvalue weighted by Crippen LogP contribution is -2.21. The molecular weight excluding hydrogens is 130 g/mol. The van der Waals surface area contributed by atoms with E-state index in [9.17, 15) is 0 Å². The number of hydrogen-bond donors (Lipinski definition) is 0. The molecule has 0 amide bonds. The summed E-state index contributed by atoms with van der Waals surface area (Å²) in [5.41, 5.74) is 0. The Labute approximate surface area is 57.8 Å². The standard InChI is InChI=1S/C5H17NSi2/c1-3-6(2)8-5-4-7/h3-5,8H2,1-2,7H3. The van der Waals surface area contributed by atoms with Gasteiger partial charge in [0.2, 0.25) is 0 Å². The molecule has 0 spiro atoms. The van der Waals surface area contributed by atoms with Gasteiger partial charge in [-0.2, -0.15) is 0 Å². The van der Waals surface area contributed by atoms with Gasteiger partial charge in [-0.25, -0.2) is 0 Å². The molecule has 0 aliphatic heterocycles. The summed E-state index contributed by atoms with van der Waals surface area (Å²) in [5, 5.41) is 0. The van der Waals surface area contributed by atoms with Crippen molar-refractivity contribution in [3.8, 4) is 0 Å². The van der Waals surface area contributed by atoms with Crippen molar-refractivity contribution in [2.75, 3.05) is 13.6 Å². The Morgan fingerprint density at radius 3 is 2.62 bits per heavy atom. The van der Waals surface area contributed by atoms with Crippen LogP contribution in [0, 0.1) is 0 Å². The Balaban J connectivity index is 2.86. The molecule has 1 nitrogen and oxygen atoms in total. The first-order valence-electron chi connectivity index (χ1n) is 3.49. The highest BCUT2D eigenvalue weighted by Crippen LogP contribution is 1.86. The van der Waals surface area contributed by atoms with E-state index in [2.05, 4.69) is 18.5 Å². The van der Waals surface area contributed by atoms with Crippen LogP contribution in [0.5, 0.6) is 0 Å². The van der Waals surface area contributed by atoms with E-state index in [4.69, 9.17) is 0 Å². The molecule has 0 rings (SSSR count). The van der Waals surface area contributed by atoms with Crippen LogP contribution in [0.15, 0.2) is 0 Å². The molecule has 3 heteroatoms. The van der Waals surface area contributed by atoms with E-state index in [0.29, 0.717) is 0 Å². The van der Waals surface area contributed by atoms with Crippen molar-refractivity contribution in [3.63, 3.8) is 0 Å². The highest BCUT2D eigenvalue weighted by Gasteiger charge is 1.90. The summed E-state index contributed by atoms with van der Waals surface area (Å²) in [6.45, 7) is 3.49. The maximum Gasteiger partial charge on any atom is 0.0943 e. The Kier molecular flexibility index (Phi) is 5.80. The zero-order valence-corrected chi connectivity index (χ0v) is 9.69. The zero-order chi connectivity index (χ0) is 6.41. The predicted molar refractivity (Wildman–Crippen MR) is 46.4 cm³/mol. The third-order valence-corrected chi connectivity index (χ3v) is 5.79. The van der Waals surface area contributed by atoms with Crippen molar-refractivity contribution < 1.29 is 0 Å². The molecule has 0 atom stereocenters. The van der Waals surface area contributed by atoms with Crippen LogP contribution in [-0.4, -0.2) is 38.1 Å². The second-order valence-electron chi connectivity index (χ2n) is 2.25. The van der Waals surface area contributed by atoms with E-state index in [1.807, 2.05) is 0 Å². The molecule has 0 aromatic carbocycles. The third kappa shape index (κ3) is 4.55. The second-order valence-corrected chi connectivity index (χ2v) is 5.48. The quantitative estimate of drug-likeness (QED) is 0.472. The van der Waals surface area contributed by atoms with Crippen molar-refractivity contribution in [2.24, 2.45) is 0 Å². The van der Waals surface area contributed by atoms with E-state index in [0.717, 1.165) is 0 Å². The molecule has 8 heavy (non-hydrogen) atoms. The lowest BCUT2D eigenvalue weighted by Gasteiger charge is -2.10. The molecule has 0 unspecified atom stereocenters. The van der Waals surface area contributed by atoms with Crippen LogP contribution < -0.4 is 0 Å². The molecule has 0 aromatic heterocycles. The molecule has 0 fully saturated rings. The summed E-state index contributed by atoms with van der Waals surface area (Å²) in [4.78, 5) is 0. The molecular formula is C5H17NSi2. The van der Waals surface area contributed by atoms with E-state index in [-0.39, 0.29) is 9.68 Å². The van der Waals surface area contributed by atoms with E-state index in [1.165, 1.54) is 28.9 Å². The minimum atomic E-state index is 0.204. The Bertz CT molecular complexity index is 49.7. The van der Waals surface area contributed by atoms with Gasteiger partial charge in [-0.3, -0.25) is 0 Å². The molecule has 0 aliphatic rings. The first kappa shape index (κ1) is 8.39. The van der Waals surface area contributed by atoms with Gasteiger partial charge < -0.3 is 4.57 Å². The second kappa shape index (κ2) is 5.53. The van der Waals surface area contributed by atoms with Crippen LogP contribution in [0.4, 0.5) is 0 Å². The summed E-state index contributed by atoms with van der Waals surface area (Å²) in [7, 11) is 3.85. The van der Waals surface area contributed by atoms with E-state index in [1.54, 1.807) is 0 Å². The monoisotopic (exact) mass is 147 g/mol. The average molecular weight is 147 g/mol. The van der Waals surface area contributed by atoms with Crippen LogP contribution in [0.25, 0.3) is 0 Å². The minimum absolute atomic E-state index is 0.204. The summed E-state index contributed by atoms with van der Waals surface area (Å²) in [6.07, 6.45) is 0. The molecule has 0 N–H and O–H groups in total. The van der Waals surface area contributed by atoms with E-state index < -0.39 is 0 Å². The summed E-state index contributed by atoms with van der Waals surface area (Å²) in [6, 6.07) is 3.05. The van der Waals surface area contributed by atoms with Crippen LogP contribution >= 0.6 is 0 Å². The summed E-state index contributed by atoms with van der Waals surface area (Å²) < 4.78 is 2.50. The maximum atomic E-state index is 2.50. The van der Waals surface area contributed by atoms with Crippen LogP contribution in [0.3, 0.4) is 0 Å². The van der Waals surface area contributed by atoms with E-state index >= 15 is 0 Å². The summed E-state index contributed by atoms with van der Waals surface area (Å²) in [5.74, 6) is 0. The largest absolute Gasteiger partial charge is 0.332 e. The highest BCUT2D eigenvalue weighted by molar-refractivity contribution is 6.33. The maximum absolute atomic E-state index is 2.50. The Morgan fingerprint density at radius 1 is 1.62 bits per heavy atom. The molecule has 0 heterocycles. The van der Waals surface area contributed by atoms with Gasteiger partial charge in [0, 0.05) is 10.2 Å². The molecule has 50 valence electrons. The molecule has 0 bridgehead atoms. The third-order valence-electron chi connectivity index (χ3n) is 1.43. The van der Waals surface area contributed by atoms with Crippen molar-refractivity contribution >= 4 is 19.9 Å². The van der Waals surface area contributed by atoms with Crippen LogP contribution in [-0.2, 0) is 0 Å². The Hall–Kier alpha value is 0.394. The smallest absolute Gasteiger partial charge is 0.0943 e. The van der Waals surface area contributed by atoms with Crippen molar-refractivity contribution in [1.29, 1.82) is 0 Å². The van der Waals surface area contributed by atoms with Gasteiger partial charge >= 0.3 is 0 Å². The molecule has 0 aromatic rings. The summed E-state index contributed by atoms with van der Waals surface area (Å²) >= 11 is 0. The molecule has 0 saturated heterocycles. The SMILES string of the molecule is CCN(C)[SiH2]CC[SiH3]. The predicted octanol–water partition coefficient (Wildman–Crippen LogP) is -0.776. The zero-order valence-electron chi connectivity index (χ0n) is 6.28. The average Bonchev–Trinajstić information content (AvgIpc) is 1.83. The van der Waals surface area contributed by atoms with Crippen molar-refractivity contribution in [2.45, 2.75) is 19.0 Å². The van der Waals surface area contributed by atoms with Gasteiger partial charge in [0.15, 0.2) is 0 Å². The van der Waals surface area contributed by atoms with Gasteiger partial charge in [0.1, 0.15) is 0 Å². The lowest BCUT2D eigenvalue weighted by atomic mass is 10.8. The van der Waals surface area contributed by atoms with Gasteiger partial charge in [0.05, 0.1) is 9.68 Å². The first-order chi connectivity index (χ1) is 3.81.